The smallest absolute Gasteiger partial charge is 0.306 e. The molecule has 19 heavy (non-hydrogen) atoms. The van der Waals surface area contributed by atoms with E-state index in [-0.39, 0.29) is 5.92 Å². The van der Waals surface area contributed by atoms with E-state index in [0.717, 1.165) is 31.7 Å². The van der Waals surface area contributed by atoms with Gasteiger partial charge >= 0.3 is 5.97 Å². The van der Waals surface area contributed by atoms with Crippen LogP contribution in [0.25, 0.3) is 0 Å². The molecule has 0 bridgehead atoms. The summed E-state index contributed by atoms with van der Waals surface area (Å²) in [5, 5.41) is 9.04. The molecule has 1 saturated heterocycles. The second-order valence-electron chi connectivity index (χ2n) is 5.11. The van der Waals surface area contributed by atoms with E-state index in [1.807, 2.05) is 17.8 Å². The van der Waals surface area contributed by atoms with Gasteiger partial charge in [0, 0.05) is 23.2 Å². The number of piperidine rings is 1. The summed E-state index contributed by atoms with van der Waals surface area (Å²) in [4.78, 5) is 14.7. The second kappa shape index (κ2) is 6.96. The van der Waals surface area contributed by atoms with Crippen LogP contribution in [-0.4, -0.2) is 40.9 Å². The van der Waals surface area contributed by atoms with Gasteiger partial charge < -0.3 is 5.11 Å². The maximum absolute atomic E-state index is 11.0. The second-order valence-corrected chi connectivity index (χ2v) is 6.27. The van der Waals surface area contributed by atoms with Crippen LogP contribution in [0.4, 0.5) is 0 Å². The molecule has 2 unspecified atom stereocenters. The Labute approximate surface area is 119 Å². The molecule has 0 saturated carbocycles. The lowest BCUT2D eigenvalue weighted by atomic mass is 9.92. The maximum atomic E-state index is 11.0. The fourth-order valence-electron chi connectivity index (χ4n) is 2.57. The van der Waals surface area contributed by atoms with Gasteiger partial charge in [-0.15, -0.1) is 11.8 Å². The fourth-order valence-corrected chi connectivity index (χ4v) is 3.49. The van der Waals surface area contributed by atoms with Gasteiger partial charge in [0.15, 0.2) is 0 Å². The zero-order valence-electron chi connectivity index (χ0n) is 11.3. The summed E-state index contributed by atoms with van der Waals surface area (Å²) in [5.41, 5.74) is 0. The number of carbonyl (C=O) groups is 1. The number of hydrogen-bond donors (Lipinski definition) is 1. The van der Waals surface area contributed by atoms with Crippen LogP contribution < -0.4 is 0 Å². The first-order chi connectivity index (χ1) is 9.16. The molecule has 1 N–H and O–H groups in total. The van der Waals surface area contributed by atoms with Crippen LogP contribution in [0.5, 0.6) is 0 Å². The Morgan fingerprint density at radius 3 is 2.79 bits per heavy atom. The highest BCUT2D eigenvalue weighted by Gasteiger charge is 2.29. The summed E-state index contributed by atoms with van der Waals surface area (Å²) in [6.07, 6.45) is 1.57. The Kier molecular flexibility index (Phi) is 5.28. The Hall–Kier alpha value is -1.00. The van der Waals surface area contributed by atoms with E-state index in [0.29, 0.717) is 6.04 Å². The van der Waals surface area contributed by atoms with Crippen molar-refractivity contribution in [2.24, 2.45) is 5.92 Å². The number of carboxylic acids is 1. The van der Waals surface area contributed by atoms with Crippen molar-refractivity contribution in [3.8, 4) is 0 Å². The highest BCUT2D eigenvalue weighted by atomic mass is 32.2. The third-order valence-corrected chi connectivity index (χ3v) is 4.75. The molecule has 2 rings (SSSR count). The van der Waals surface area contributed by atoms with Crippen LogP contribution in [-0.2, 0) is 4.79 Å². The molecular weight excluding hydrogens is 258 g/mol. The van der Waals surface area contributed by atoms with Crippen molar-refractivity contribution in [1.29, 1.82) is 0 Å². The van der Waals surface area contributed by atoms with E-state index in [9.17, 15) is 4.79 Å². The third kappa shape index (κ3) is 4.25. The molecule has 0 radical (unpaired) electrons. The SMILES string of the molecule is CC1CC(C(=O)O)CCN1CCSc1ccccc1. The number of hydrogen-bond acceptors (Lipinski definition) is 3. The van der Waals surface area contributed by atoms with Crippen molar-refractivity contribution < 1.29 is 9.90 Å². The number of carboxylic acid groups (broad SMARTS) is 1. The van der Waals surface area contributed by atoms with Crippen molar-refractivity contribution in [3.63, 3.8) is 0 Å². The van der Waals surface area contributed by atoms with Crippen LogP contribution in [0.1, 0.15) is 19.8 Å². The summed E-state index contributed by atoms with van der Waals surface area (Å²) < 4.78 is 0. The number of rotatable bonds is 5. The van der Waals surface area contributed by atoms with Crippen LogP contribution in [0.15, 0.2) is 35.2 Å². The van der Waals surface area contributed by atoms with E-state index in [1.54, 1.807) is 0 Å². The first-order valence-corrected chi connectivity index (χ1v) is 7.80. The zero-order chi connectivity index (χ0) is 13.7. The van der Waals surface area contributed by atoms with Gasteiger partial charge in [0.05, 0.1) is 5.92 Å². The fraction of sp³-hybridized carbons (Fsp3) is 0.533. The molecule has 104 valence electrons. The Morgan fingerprint density at radius 2 is 2.16 bits per heavy atom. The van der Waals surface area contributed by atoms with Gasteiger partial charge in [0.25, 0.3) is 0 Å². The summed E-state index contributed by atoms with van der Waals surface area (Å²) in [5.74, 6) is 0.282. The van der Waals surface area contributed by atoms with Gasteiger partial charge in [-0.25, -0.2) is 0 Å². The van der Waals surface area contributed by atoms with Crippen LogP contribution in [0, 0.1) is 5.92 Å². The standard InChI is InChI=1S/C15H21NO2S/c1-12-11-13(15(17)18)7-8-16(12)9-10-19-14-5-3-2-4-6-14/h2-6,12-13H,7-11H2,1H3,(H,17,18). The lowest BCUT2D eigenvalue weighted by Gasteiger charge is -2.36. The molecule has 0 aliphatic carbocycles. The highest BCUT2D eigenvalue weighted by Crippen LogP contribution is 2.24. The molecule has 1 aliphatic rings. The molecule has 1 aromatic carbocycles. The van der Waals surface area contributed by atoms with Crippen LogP contribution in [0.3, 0.4) is 0 Å². The first kappa shape index (κ1) is 14.4. The van der Waals surface area contributed by atoms with E-state index >= 15 is 0 Å². The van der Waals surface area contributed by atoms with E-state index in [2.05, 4.69) is 36.1 Å². The van der Waals surface area contributed by atoms with Crippen LogP contribution in [0.2, 0.25) is 0 Å². The molecule has 4 heteroatoms. The molecule has 1 heterocycles. The average Bonchev–Trinajstić information content (AvgIpc) is 2.41. The van der Waals surface area contributed by atoms with Gasteiger partial charge in [-0.1, -0.05) is 18.2 Å². The first-order valence-electron chi connectivity index (χ1n) is 6.81. The molecule has 1 aromatic rings. The molecular formula is C15H21NO2S. The van der Waals surface area contributed by atoms with E-state index in [1.165, 1.54) is 4.90 Å². The lowest BCUT2D eigenvalue weighted by Crippen LogP contribution is -2.43. The Balaban J connectivity index is 1.74. The monoisotopic (exact) mass is 279 g/mol. The molecule has 2 atom stereocenters. The Morgan fingerprint density at radius 1 is 1.42 bits per heavy atom. The molecule has 0 spiro atoms. The van der Waals surface area contributed by atoms with E-state index in [4.69, 9.17) is 5.11 Å². The van der Waals surface area contributed by atoms with Crippen molar-refractivity contribution in [3.05, 3.63) is 30.3 Å². The van der Waals surface area contributed by atoms with Gasteiger partial charge in [0.1, 0.15) is 0 Å². The summed E-state index contributed by atoms with van der Waals surface area (Å²) in [6.45, 7) is 4.09. The van der Waals surface area contributed by atoms with Gasteiger partial charge in [-0.2, -0.15) is 0 Å². The van der Waals surface area contributed by atoms with Crippen LogP contribution >= 0.6 is 11.8 Å². The van der Waals surface area contributed by atoms with E-state index < -0.39 is 5.97 Å². The Bertz CT molecular complexity index is 410. The summed E-state index contributed by atoms with van der Waals surface area (Å²) in [7, 11) is 0. The van der Waals surface area contributed by atoms with Gasteiger partial charge in [-0.05, 0) is 38.4 Å². The number of aliphatic carboxylic acids is 1. The van der Waals surface area contributed by atoms with Gasteiger partial charge in [0.2, 0.25) is 0 Å². The predicted molar refractivity (Wildman–Crippen MR) is 78.6 cm³/mol. The molecule has 0 amide bonds. The zero-order valence-corrected chi connectivity index (χ0v) is 12.1. The lowest BCUT2D eigenvalue weighted by molar-refractivity contribution is -0.144. The number of nitrogens with zero attached hydrogens (tertiary/aromatic N) is 1. The molecule has 1 aliphatic heterocycles. The summed E-state index contributed by atoms with van der Waals surface area (Å²) >= 11 is 1.87. The number of benzene rings is 1. The third-order valence-electron chi connectivity index (χ3n) is 3.75. The van der Waals surface area contributed by atoms with Crippen molar-refractivity contribution >= 4 is 17.7 Å². The van der Waals surface area contributed by atoms with Crippen molar-refractivity contribution in [2.75, 3.05) is 18.8 Å². The predicted octanol–water partition coefficient (Wildman–Crippen LogP) is 2.96. The normalized spacial score (nSPS) is 24.3. The summed E-state index contributed by atoms with van der Waals surface area (Å²) in [6, 6.07) is 10.8. The highest BCUT2D eigenvalue weighted by molar-refractivity contribution is 7.99. The molecule has 0 aromatic heterocycles. The maximum Gasteiger partial charge on any atom is 0.306 e. The topological polar surface area (TPSA) is 40.5 Å². The van der Waals surface area contributed by atoms with Gasteiger partial charge in [-0.3, -0.25) is 9.69 Å². The number of thioether (sulfide) groups is 1. The largest absolute Gasteiger partial charge is 0.481 e. The van der Waals surface area contributed by atoms with Crippen molar-refractivity contribution in [2.45, 2.75) is 30.7 Å². The quantitative estimate of drug-likeness (QED) is 0.841. The average molecular weight is 279 g/mol. The minimum Gasteiger partial charge on any atom is -0.481 e. The van der Waals surface area contributed by atoms with Crippen molar-refractivity contribution in [1.82, 2.24) is 4.90 Å². The molecule has 3 nitrogen and oxygen atoms in total. The molecule has 1 fully saturated rings. The minimum atomic E-state index is -0.634. The number of likely N-dealkylation sites (tertiary alicyclic amines) is 1. The minimum absolute atomic E-state index is 0.145.